The topological polar surface area (TPSA) is 80.8 Å². The van der Waals surface area contributed by atoms with Gasteiger partial charge >= 0.3 is 5.97 Å². The van der Waals surface area contributed by atoms with Gasteiger partial charge in [0.05, 0.1) is 11.1 Å². The van der Waals surface area contributed by atoms with Crippen LogP contribution in [0, 0.1) is 0 Å². The van der Waals surface area contributed by atoms with E-state index < -0.39 is 28.8 Å². The molecule has 2 aliphatic heterocycles. The number of cyclic esters (lactones) is 1. The monoisotopic (exact) mass is 277 g/mol. The maximum Gasteiger partial charge on any atom is 0.329 e. The Kier molecular flexibility index (Phi) is 2.63. The van der Waals surface area contributed by atoms with E-state index in [0.717, 1.165) is 4.31 Å². The molecular formula is C12H7NO5S. The molecule has 0 bridgehead atoms. The fourth-order valence-electron chi connectivity index (χ4n) is 1.90. The molecule has 6 nitrogen and oxygen atoms in total. The van der Waals surface area contributed by atoms with E-state index in [-0.39, 0.29) is 17.7 Å². The smallest absolute Gasteiger partial charge is 0.329 e. The summed E-state index contributed by atoms with van der Waals surface area (Å²) in [6.45, 7) is -0.306. The Morgan fingerprint density at radius 1 is 1.05 bits per heavy atom. The molecule has 1 saturated heterocycles. The number of imide groups is 1. The molecule has 3 rings (SSSR count). The average molecular weight is 277 g/mol. The van der Waals surface area contributed by atoms with Crippen molar-refractivity contribution < 1.29 is 23.9 Å². The molecule has 1 fully saturated rings. The van der Waals surface area contributed by atoms with E-state index in [1.54, 1.807) is 12.1 Å². The van der Waals surface area contributed by atoms with Gasteiger partial charge in [-0.2, -0.15) is 0 Å². The second-order valence-electron chi connectivity index (χ2n) is 4.01. The van der Waals surface area contributed by atoms with E-state index in [4.69, 9.17) is 0 Å². The minimum atomic E-state index is -1.14. The average Bonchev–Trinajstić information content (AvgIpc) is 2.85. The van der Waals surface area contributed by atoms with Gasteiger partial charge in [-0.1, -0.05) is 12.1 Å². The number of Topliss-reactive ketones (excluding diaryl/α,β-unsaturated/α-hetero) is 1. The maximum absolute atomic E-state index is 12.0. The summed E-state index contributed by atoms with van der Waals surface area (Å²) in [6.07, 6.45) is 0. The molecule has 0 spiro atoms. The number of benzene rings is 1. The molecule has 2 aliphatic rings. The number of esters is 1. The molecule has 1 aromatic rings. The summed E-state index contributed by atoms with van der Waals surface area (Å²) in [5.74, 6) is -2.19. The SMILES string of the molecule is O=C1COC(=O)C1SN1C(=O)c2ccccc2C1=O. The number of rotatable bonds is 2. The summed E-state index contributed by atoms with van der Waals surface area (Å²) >= 11 is 0.614. The molecule has 1 unspecified atom stereocenters. The van der Waals surface area contributed by atoms with Crippen LogP contribution >= 0.6 is 11.9 Å². The molecule has 2 amide bonds. The number of amides is 2. The van der Waals surface area contributed by atoms with Crippen molar-refractivity contribution in [3.63, 3.8) is 0 Å². The first-order chi connectivity index (χ1) is 9.09. The van der Waals surface area contributed by atoms with Gasteiger partial charge in [-0.3, -0.25) is 19.2 Å². The highest BCUT2D eigenvalue weighted by atomic mass is 32.2. The summed E-state index contributed by atoms with van der Waals surface area (Å²) in [5.41, 5.74) is 0.553. The zero-order chi connectivity index (χ0) is 13.6. The molecule has 96 valence electrons. The fraction of sp³-hybridized carbons (Fsp3) is 0.167. The third-order valence-corrected chi connectivity index (χ3v) is 4.04. The van der Waals surface area contributed by atoms with Crippen molar-refractivity contribution in [1.29, 1.82) is 0 Å². The lowest BCUT2D eigenvalue weighted by Gasteiger charge is -2.13. The van der Waals surface area contributed by atoms with Crippen LogP contribution in [0.15, 0.2) is 24.3 Å². The molecular weight excluding hydrogens is 270 g/mol. The second kappa shape index (κ2) is 4.20. The van der Waals surface area contributed by atoms with Gasteiger partial charge in [-0.15, -0.1) is 0 Å². The second-order valence-corrected chi connectivity index (χ2v) is 5.06. The number of hydrogen-bond acceptors (Lipinski definition) is 6. The molecule has 1 atom stereocenters. The van der Waals surface area contributed by atoms with Crippen molar-refractivity contribution >= 4 is 35.5 Å². The third-order valence-electron chi connectivity index (χ3n) is 2.83. The van der Waals surface area contributed by atoms with E-state index in [0.29, 0.717) is 11.9 Å². The lowest BCUT2D eigenvalue weighted by molar-refractivity contribution is -0.137. The van der Waals surface area contributed by atoms with Gasteiger partial charge in [0.1, 0.15) is 0 Å². The highest BCUT2D eigenvalue weighted by Crippen LogP contribution is 2.32. The van der Waals surface area contributed by atoms with Crippen LogP contribution in [-0.4, -0.2) is 39.7 Å². The van der Waals surface area contributed by atoms with Gasteiger partial charge in [0.25, 0.3) is 11.8 Å². The van der Waals surface area contributed by atoms with Crippen molar-refractivity contribution in [2.75, 3.05) is 6.61 Å². The summed E-state index contributed by atoms with van der Waals surface area (Å²) < 4.78 is 5.42. The number of nitrogens with zero attached hydrogens (tertiary/aromatic N) is 1. The van der Waals surface area contributed by atoms with Crippen molar-refractivity contribution in [1.82, 2.24) is 4.31 Å². The lowest BCUT2D eigenvalue weighted by atomic mass is 10.1. The number of ketones is 1. The van der Waals surface area contributed by atoms with Gasteiger partial charge in [-0.25, -0.2) is 4.31 Å². The van der Waals surface area contributed by atoms with Crippen LogP contribution in [0.3, 0.4) is 0 Å². The predicted octanol–water partition coefficient (Wildman–Crippen LogP) is 0.425. The van der Waals surface area contributed by atoms with Crippen LogP contribution < -0.4 is 0 Å². The highest BCUT2D eigenvalue weighted by Gasteiger charge is 2.44. The van der Waals surface area contributed by atoms with E-state index in [1.807, 2.05) is 0 Å². The minimum Gasteiger partial charge on any atom is -0.456 e. The summed E-state index contributed by atoms with van der Waals surface area (Å²) in [4.78, 5) is 46.8. The minimum absolute atomic E-state index is 0.277. The molecule has 19 heavy (non-hydrogen) atoms. The molecule has 0 saturated carbocycles. The van der Waals surface area contributed by atoms with Crippen molar-refractivity contribution in [3.05, 3.63) is 35.4 Å². The van der Waals surface area contributed by atoms with Crippen molar-refractivity contribution in [3.8, 4) is 0 Å². The first kappa shape index (κ1) is 11.9. The quantitative estimate of drug-likeness (QED) is 0.337. The molecule has 0 N–H and O–H groups in total. The first-order valence-electron chi connectivity index (χ1n) is 5.43. The molecule has 7 heteroatoms. The summed E-state index contributed by atoms with van der Waals surface area (Å²) in [5, 5.41) is -1.14. The fourth-order valence-corrected chi connectivity index (χ4v) is 2.83. The van der Waals surface area contributed by atoms with Crippen LogP contribution in [-0.2, 0) is 14.3 Å². The molecule has 0 aliphatic carbocycles. The summed E-state index contributed by atoms with van der Waals surface area (Å²) in [7, 11) is 0. The van der Waals surface area contributed by atoms with Crippen molar-refractivity contribution in [2.45, 2.75) is 5.25 Å². The number of carbonyl (C=O) groups is 4. The van der Waals surface area contributed by atoms with E-state index in [9.17, 15) is 19.2 Å². The first-order valence-corrected chi connectivity index (χ1v) is 6.27. The standard InChI is InChI=1S/C12H7NO5S/c14-8-5-18-12(17)9(8)19-13-10(15)6-3-1-2-4-7(6)11(13)16/h1-4,9H,5H2. The Morgan fingerprint density at radius 3 is 2.11 bits per heavy atom. The zero-order valence-corrected chi connectivity index (χ0v) is 10.3. The van der Waals surface area contributed by atoms with Crippen LogP contribution in [0.1, 0.15) is 20.7 Å². The largest absolute Gasteiger partial charge is 0.456 e. The maximum atomic E-state index is 12.0. The van der Waals surface area contributed by atoms with Crippen LogP contribution in [0.25, 0.3) is 0 Å². The third kappa shape index (κ3) is 1.74. The van der Waals surface area contributed by atoms with Gasteiger partial charge in [0, 0.05) is 0 Å². The van der Waals surface area contributed by atoms with Gasteiger partial charge < -0.3 is 4.74 Å². The van der Waals surface area contributed by atoms with E-state index in [1.165, 1.54) is 12.1 Å². The lowest BCUT2D eigenvalue weighted by Crippen LogP contribution is -2.30. The number of ether oxygens (including phenoxy) is 1. The highest BCUT2D eigenvalue weighted by molar-refractivity contribution is 8.00. The molecule has 0 radical (unpaired) electrons. The predicted molar refractivity (Wildman–Crippen MR) is 64.3 cm³/mol. The molecule has 1 aromatic carbocycles. The van der Waals surface area contributed by atoms with Gasteiger partial charge in [0.2, 0.25) is 0 Å². The number of carbonyl (C=O) groups excluding carboxylic acids is 4. The Labute approximate surface area is 111 Å². The Bertz CT molecular complexity index is 575. The van der Waals surface area contributed by atoms with E-state index in [2.05, 4.69) is 4.74 Å². The van der Waals surface area contributed by atoms with Crippen molar-refractivity contribution in [2.24, 2.45) is 0 Å². The van der Waals surface area contributed by atoms with Crippen LogP contribution in [0.2, 0.25) is 0 Å². The zero-order valence-electron chi connectivity index (χ0n) is 9.49. The van der Waals surface area contributed by atoms with Crippen LogP contribution in [0.5, 0.6) is 0 Å². The molecule has 0 aromatic heterocycles. The van der Waals surface area contributed by atoms with Gasteiger partial charge in [0.15, 0.2) is 17.6 Å². The van der Waals surface area contributed by atoms with E-state index >= 15 is 0 Å². The Morgan fingerprint density at radius 2 is 1.63 bits per heavy atom. The Balaban J connectivity index is 1.89. The normalized spacial score (nSPS) is 21.9. The Hall–Kier alpha value is -2.15. The summed E-state index contributed by atoms with van der Waals surface area (Å²) in [6, 6.07) is 6.36. The number of fused-ring (bicyclic) bond motifs is 1. The molecule has 2 heterocycles. The van der Waals surface area contributed by atoms with Gasteiger partial charge in [-0.05, 0) is 24.1 Å². The van der Waals surface area contributed by atoms with Crippen LogP contribution in [0.4, 0.5) is 0 Å². The number of hydrogen-bond donors (Lipinski definition) is 0.